The first kappa shape index (κ1) is 19.3. The summed E-state index contributed by atoms with van der Waals surface area (Å²) in [5.41, 5.74) is 6.90. The van der Waals surface area contributed by atoms with E-state index in [4.69, 9.17) is 19.9 Å². The number of ether oxygens (including phenoxy) is 3. The Hall–Kier alpha value is -1.79. The van der Waals surface area contributed by atoms with Crippen LogP contribution in [0.1, 0.15) is 25.3 Å². The molecule has 0 atom stereocenters. The minimum atomic E-state index is 0.483. The second kappa shape index (κ2) is 12.7. The molecule has 0 unspecified atom stereocenters. The summed E-state index contributed by atoms with van der Waals surface area (Å²) in [7, 11) is 1.66. The highest BCUT2D eigenvalue weighted by molar-refractivity contribution is 5.77. The molecule has 0 aliphatic heterocycles. The van der Waals surface area contributed by atoms with Crippen LogP contribution in [0.2, 0.25) is 0 Å². The highest BCUT2D eigenvalue weighted by atomic mass is 16.5. The zero-order chi connectivity index (χ0) is 16.8. The van der Waals surface area contributed by atoms with E-state index in [0.717, 1.165) is 43.9 Å². The normalized spacial score (nSPS) is 11.5. The molecule has 0 radical (unpaired) electrons. The molecule has 0 spiro atoms. The van der Waals surface area contributed by atoms with Gasteiger partial charge in [-0.05, 0) is 37.5 Å². The molecule has 0 amide bonds. The zero-order valence-electron chi connectivity index (χ0n) is 14.2. The van der Waals surface area contributed by atoms with Crippen LogP contribution < -0.4 is 15.8 Å². The molecule has 3 N–H and O–H groups in total. The molecule has 1 aromatic rings. The van der Waals surface area contributed by atoms with E-state index in [2.05, 4.69) is 10.3 Å². The minimum absolute atomic E-state index is 0.483. The van der Waals surface area contributed by atoms with Crippen LogP contribution in [0.5, 0.6) is 5.75 Å². The monoisotopic (exact) mass is 323 g/mol. The van der Waals surface area contributed by atoms with Gasteiger partial charge in [0.2, 0.25) is 0 Å². The average Bonchev–Trinajstić information content (AvgIpc) is 2.58. The van der Waals surface area contributed by atoms with Crippen molar-refractivity contribution < 1.29 is 14.2 Å². The van der Waals surface area contributed by atoms with Gasteiger partial charge in [0.15, 0.2) is 5.96 Å². The summed E-state index contributed by atoms with van der Waals surface area (Å²) in [4.78, 5) is 4.26. The lowest BCUT2D eigenvalue weighted by atomic mass is 10.2. The number of methoxy groups -OCH3 is 1. The van der Waals surface area contributed by atoms with Crippen molar-refractivity contribution in [2.24, 2.45) is 10.7 Å². The molecule has 0 aliphatic carbocycles. The van der Waals surface area contributed by atoms with Crippen LogP contribution in [0.15, 0.2) is 29.3 Å². The van der Waals surface area contributed by atoms with Crippen molar-refractivity contribution in [2.75, 3.05) is 40.0 Å². The molecule has 1 aromatic carbocycles. The van der Waals surface area contributed by atoms with Crippen molar-refractivity contribution in [3.63, 3.8) is 0 Å². The highest BCUT2D eigenvalue weighted by Crippen LogP contribution is 2.11. The average molecular weight is 323 g/mol. The SMILES string of the molecule is CCOCCCNC(N)=NCCCOCc1ccc(OC)cc1. The number of nitrogens with zero attached hydrogens (tertiary/aromatic N) is 1. The van der Waals surface area contributed by atoms with Crippen molar-refractivity contribution in [3.05, 3.63) is 29.8 Å². The molecule has 6 heteroatoms. The molecule has 1 rings (SSSR count). The maximum Gasteiger partial charge on any atom is 0.188 e. The number of aliphatic imine (C=N–C) groups is 1. The van der Waals surface area contributed by atoms with Gasteiger partial charge in [-0.1, -0.05) is 12.1 Å². The van der Waals surface area contributed by atoms with Crippen LogP contribution in [0, 0.1) is 0 Å². The van der Waals surface area contributed by atoms with Crippen LogP contribution in [0.3, 0.4) is 0 Å². The molecule has 0 saturated carbocycles. The fourth-order valence-corrected chi connectivity index (χ4v) is 1.87. The lowest BCUT2D eigenvalue weighted by molar-refractivity contribution is 0.120. The molecule has 0 bridgehead atoms. The lowest BCUT2D eigenvalue weighted by Crippen LogP contribution is -2.33. The zero-order valence-corrected chi connectivity index (χ0v) is 14.2. The van der Waals surface area contributed by atoms with Crippen molar-refractivity contribution in [3.8, 4) is 5.75 Å². The van der Waals surface area contributed by atoms with Gasteiger partial charge >= 0.3 is 0 Å². The molecule has 0 heterocycles. The van der Waals surface area contributed by atoms with E-state index in [1.807, 2.05) is 31.2 Å². The molecular formula is C17H29N3O3. The van der Waals surface area contributed by atoms with Gasteiger partial charge in [-0.2, -0.15) is 0 Å². The van der Waals surface area contributed by atoms with Crippen molar-refractivity contribution in [1.82, 2.24) is 5.32 Å². The van der Waals surface area contributed by atoms with E-state index in [1.165, 1.54) is 0 Å². The number of nitrogens with one attached hydrogen (secondary N) is 1. The molecule has 0 saturated heterocycles. The first-order chi connectivity index (χ1) is 11.3. The first-order valence-electron chi connectivity index (χ1n) is 8.08. The van der Waals surface area contributed by atoms with Gasteiger partial charge in [-0.15, -0.1) is 0 Å². The number of guanidine groups is 1. The Labute approximate surface area is 139 Å². The van der Waals surface area contributed by atoms with E-state index in [-0.39, 0.29) is 0 Å². The Balaban J connectivity index is 2.02. The summed E-state index contributed by atoms with van der Waals surface area (Å²) in [5.74, 6) is 1.34. The van der Waals surface area contributed by atoms with Crippen molar-refractivity contribution in [2.45, 2.75) is 26.4 Å². The third-order valence-electron chi connectivity index (χ3n) is 3.13. The number of benzene rings is 1. The number of hydrogen-bond donors (Lipinski definition) is 2. The van der Waals surface area contributed by atoms with Crippen molar-refractivity contribution >= 4 is 5.96 Å². The summed E-state index contributed by atoms with van der Waals surface area (Å²) in [6, 6.07) is 7.87. The van der Waals surface area contributed by atoms with E-state index < -0.39 is 0 Å². The maximum atomic E-state index is 5.77. The largest absolute Gasteiger partial charge is 0.497 e. The van der Waals surface area contributed by atoms with Gasteiger partial charge in [0, 0.05) is 32.9 Å². The van der Waals surface area contributed by atoms with Gasteiger partial charge < -0.3 is 25.3 Å². The topological polar surface area (TPSA) is 78.1 Å². The Morgan fingerprint density at radius 3 is 2.57 bits per heavy atom. The van der Waals surface area contributed by atoms with Crippen LogP contribution >= 0.6 is 0 Å². The van der Waals surface area contributed by atoms with Gasteiger partial charge in [0.05, 0.1) is 13.7 Å². The Kier molecular flexibility index (Phi) is 10.7. The summed E-state index contributed by atoms with van der Waals surface area (Å²) in [5, 5.41) is 3.06. The summed E-state index contributed by atoms with van der Waals surface area (Å²) in [6.07, 6.45) is 1.77. The molecule has 0 aromatic heterocycles. The molecule has 6 nitrogen and oxygen atoms in total. The standard InChI is InChI=1S/C17H29N3O3/c1-3-22-12-4-10-19-17(18)20-11-5-13-23-14-15-6-8-16(21-2)9-7-15/h6-9H,3-5,10-14H2,1-2H3,(H3,18,19,20). The second-order valence-electron chi connectivity index (χ2n) is 5.00. The smallest absolute Gasteiger partial charge is 0.188 e. The van der Waals surface area contributed by atoms with Crippen LogP contribution in [0.4, 0.5) is 0 Å². The number of nitrogens with two attached hydrogens (primary N) is 1. The molecule has 0 aliphatic rings. The predicted octanol–water partition coefficient (Wildman–Crippen LogP) is 1.93. The fourth-order valence-electron chi connectivity index (χ4n) is 1.87. The second-order valence-corrected chi connectivity index (χ2v) is 5.00. The molecular weight excluding hydrogens is 294 g/mol. The molecule has 23 heavy (non-hydrogen) atoms. The number of hydrogen-bond acceptors (Lipinski definition) is 4. The molecule has 130 valence electrons. The van der Waals surface area contributed by atoms with Gasteiger partial charge in [-0.3, -0.25) is 4.99 Å². The minimum Gasteiger partial charge on any atom is -0.497 e. The first-order valence-corrected chi connectivity index (χ1v) is 8.08. The predicted molar refractivity (Wildman–Crippen MR) is 92.9 cm³/mol. The van der Waals surface area contributed by atoms with Crippen LogP contribution in [-0.4, -0.2) is 46.0 Å². The van der Waals surface area contributed by atoms with Crippen LogP contribution in [-0.2, 0) is 16.1 Å². The molecule has 0 fully saturated rings. The Morgan fingerprint density at radius 2 is 1.87 bits per heavy atom. The van der Waals surface area contributed by atoms with E-state index in [9.17, 15) is 0 Å². The number of rotatable bonds is 12. The van der Waals surface area contributed by atoms with Crippen molar-refractivity contribution in [1.29, 1.82) is 0 Å². The highest BCUT2D eigenvalue weighted by Gasteiger charge is 1.96. The van der Waals surface area contributed by atoms with Gasteiger partial charge in [-0.25, -0.2) is 0 Å². The lowest BCUT2D eigenvalue weighted by Gasteiger charge is -2.06. The Bertz CT molecular complexity index is 435. The Morgan fingerprint density at radius 1 is 1.13 bits per heavy atom. The quantitative estimate of drug-likeness (QED) is 0.349. The van der Waals surface area contributed by atoms with E-state index in [0.29, 0.717) is 25.7 Å². The third kappa shape index (κ3) is 9.76. The van der Waals surface area contributed by atoms with Gasteiger partial charge in [0.25, 0.3) is 0 Å². The fraction of sp³-hybridized carbons (Fsp3) is 0.588. The maximum absolute atomic E-state index is 5.77. The third-order valence-corrected chi connectivity index (χ3v) is 3.13. The van der Waals surface area contributed by atoms with E-state index >= 15 is 0 Å². The summed E-state index contributed by atoms with van der Waals surface area (Å²) in [6.45, 7) is 6.18. The van der Waals surface area contributed by atoms with Gasteiger partial charge in [0.1, 0.15) is 5.75 Å². The van der Waals surface area contributed by atoms with Crippen LogP contribution in [0.25, 0.3) is 0 Å². The van der Waals surface area contributed by atoms with E-state index in [1.54, 1.807) is 7.11 Å². The summed E-state index contributed by atoms with van der Waals surface area (Å²) < 4.78 is 16.0. The summed E-state index contributed by atoms with van der Waals surface area (Å²) >= 11 is 0.